The van der Waals surface area contributed by atoms with E-state index < -0.39 is 16.1 Å². The lowest BCUT2D eigenvalue weighted by atomic mass is 10.1. The highest BCUT2D eigenvalue weighted by Crippen LogP contribution is 2.23. The summed E-state index contributed by atoms with van der Waals surface area (Å²) in [6, 6.07) is 12.0. The van der Waals surface area contributed by atoms with Crippen molar-refractivity contribution in [2.45, 2.75) is 51.0 Å². The van der Waals surface area contributed by atoms with Gasteiger partial charge >= 0.3 is 0 Å². The number of piperidine rings is 1. The Kier molecular flexibility index (Phi) is 6.59. The van der Waals surface area contributed by atoms with Gasteiger partial charge in [-0.3, -0.25) is 4.79 Å². The van der Waals surface area contributed by atoms with Gasteiger partial charge in [0.2, 0.25) is 15.9 Å². The van der Waals surface area contributed by atoms with Gasteiger partial charge in [-0.2, -0.15) is 4.31 Å². The van der Waals surface area contributed by atoms with E-state index in [1.165, 1.54) is 10.4 Å². The van der Waals surface area contributed by atoms with E-state index in [0.29, 0.717) is 18.8 Å². The van der Waals surface area contributed by atoms with Gasteiger partial charge in [-0.25, -0.2) is 8.42 Å². The lowest BCUT2D eigenvalue weighted by Crippen LogP contribution is -2.35. The Morgan fingerprint density at radius 2 is 1.76 bits per heavy atom. The van der Waals surface area contributed by atoms with Crippen molar-refractivity contribution in [1.29, 1.82) is 0 Å². The fraction of sp³-hybridized carbons (Fsp3) is 0.409. The summed E-state index contributed by atoms with van der Waals surface area (Å²) in [6.07, 6.45) is 2.84. The zero-order valence-electron chi connectivity index (χ0n) is 17.2. The predicted molar refractivity (Wildman–Crippen MR) is 117 cm³/mol. The van der Waals surface area contributed by atoms with Gasteiger partial charge in [0.05, 0.1) is 4.90 Å². The first-order valence-corrected chi connectivity index (χ1v) is 11.5. The Bertz CT molecular complexity index is 983. The number of carbonyl (C=O) groups excluding carboxylic acids is 1. The van der Waals surface area contributed by atoms with E-state index in [-0.39, 0.29) is 10.8 Å². The molecule has 1 amide bonds. The molecule has 0 radical (unpaired) electrons. The minimum absolute atomic E-state index is 0.215. The number of rotatable bonds is 6. The molecule has 2 N–H and O–H groups in total. The van der Waals surface area contributed by atoms with Crippen molar-refractivity contribution in [3.05, 3.63) is 53.6 Å². The van der Waals surface area contributed by atoms with Gasteiger partial charge < -0.3 is 10.6 Å². The summed E-state index contributed by atoms with van der Waals surface area (Å²) < 4.78 is 27.3. The lowest BCUT2D eigenvalue weighted by Gasteiger charge is -2.26. The van der Waals surface area contributed by atoms with Gasteiger partial charge in [0, 0.05) is 24.5 Å². The predicted octanol–water partition coefficient (Wildman–Crippen LogP) is 3.92. The largest absolute Gasteiger partial charge is 0.374 e. The molecule has 0 saturated carbocycles. The topological polar surface area (TPSA) is 78.5 Å². The molecule has 2 aromatic carbocycles. The van der Waals surface area contributed by atoms with Crippen molar-refractivity contribution < 1.29 is 13.2 Å². The molecule has 29 heavy (non-hydrogen) atoms. The zero-order valence-corrected chi connectivity index (χ0v) is 18.1. The number of nitrogens with zero attached hydrogens (tertiary/aromatic N) is 1. The number of hydrogen-bond acceptors (Lipinski definition) is 4. The highest BCUT2D eigenvalue weighted by molar-refractivity contribution is 7.89. The van der Waals surface area contributed by atoms with Gasteiger partial charge in [0.15, 0.2) is 0 Å². The standard InChI is InChI=1S/C22H29N3O3S/c1-16-10-11-21(17(2)14-16)23-18(3)22(26)24-19-8-7-9-20(15-19)29(27,28)25-12-5-4-6-13-25/h7-11,14-15,18,23H,4-6,12-13H2,1-3H3,(H,24,26). The Labute approximate surface area is 173 Å². The molecule has 1 saturated heterocycles. The van der Waals surface area contributed by atoms with E-state index in [1.54, 1.807) is 25.1 Å². The molecule has 0 spiro atoms. The Morgan fingerprint density at radius 1 is 1.03 bits per heavy atom. The zero-order chi connectivity index (χ0) is 21.0. The third-order valence-corrected chi connectivity index (χ3v) is 7.10. The molecule has 0 aliphatic carbocycles. The summed E-state index contributed by atoms with van der Waals surface area (Å²) >= 11 is 0. The number of sulfonamides is 1. The Balaban J connectivity index is 1.69. The van der Waals surface area contributed by atoms with Crippen LogP contribution in [0.15, 0.2) is 47.4 Å². The molecule has 0 bridgehead atoms. The normalized spacial score (nSPS) is 16.2. The van der Waals surface area contributed by atoms with Crippen LogP contribution in [-0.2, 0) is 14.8 Å². The van der Waals surface area contributed by atoms with E-state index >= 15 is 0 Å². The van der Waals surface area contributed by atoms with Crippen LogP contribution in [0.25, 0.3) is 0 Å². The van der Waals surface area contributed by atoms with Crippen LogP contribution < -0.4 is 10.6 Å². The number of hydrogen-bond donors (Lipinski definition) is 2. The quantitative estimate of drug-likeness (QED) is 0.750. The van der Waals surface area contributed by atoms with E-state index in [4.69, 9.17) is 0 Å². The molecule has 1 unspecified atom stereocenters. The van der Waals surface area contributed by atoms with Crippen LogP contribution in [0.4, 0.5) is 11.4 Å². The van der Waals surface area contributed by atoms with Gasteiger partial charge in [-0.15, -0.1) is 0 Å². The van der Waals surface area contributed by atoms with Crippen LogP contribution in [0.1, 0.15) is 37.3 Å². The van der Waals surface area contributed by atoms with Crippen LogP contribution in [0, 0.1) is 13.8 Å². The SMILES string of the molecule is Cc1ccc(NC(C)C(=O)Nc2cccc(S(=O)(=O)N3CCCCC3)c2)c(C)c1. The Morgan fingerprint density at radius 3 is 2.45 bits per heavy atom. The summed E-state index contributed by atoms with van der Waals surface area (Å²) in [4.78, 5) is 12.8. The molecular formula is C22H29N3O3S. The van der Waals surface area contributed by atoms with Crippen molar-refractivity contribution >= 4 is 27.3 Å². The minimum Gasteiger partial charge on any atom is -0.374 e. The summed E-state index contributed by atoms with van der Waals surface area (Å²) in [6.45, 7) is 6.90. The van der Waals surface area contributed by atoms with Crippen LogP contribution in [0.2, 0.25) is 0 Å². The molecular weight excluding hydrogens is 386 g/mol. The lowest BCUT2D eigenvalue weighted by molar-refractivity contribution is -0.116. The van der Waals surface area contributed by atoms with Gasteiger partial charge in [-0.1, -0.05) is 30.2 Å². The fourth-order valence-electron chi connectivity index (χ4n) is 3.51. The summed E-state index contributed by atoms with van der Waals surface area (Å²) in [7, 11) is -3.53. The molecule has 1 heterocycles. The molecule has 7 heteroatoms. The summed E-state index contributed by atoms with van der Waals surface area (Å²) in [5, 5.41) is 6.04. The maximum atomic E-state index is 12.9. The molecule has 2 aromatic rings. The molecule has 156 valence electrons. The fourth-order valence-corrected chi connectivity index (χ4v) is 5.08. The Hall–Kier alpha value is -2.38. The van der Waals surface area contributed by atoms with Gasteiger partial charge in [-0.05, 0) is 63.4 Å². The van der Waals surface area contributed by atoms with E-state index in [1.807, 2.05) is 26.0 Å². The number of nitrogens with one attached hydrogen (secondary N) is 2. The van der Waals surface area contributed by atoms with Crippen molar-refractivity contribution in [1.82, 2.24) is 4.31 Å². The number of amides is 1. The third-order valence-electron chi connectivity index (χ3n) is 5.20. The first-order chi connectivity index (χ1) is 13.8. The second kappa shape index (κ2) is 8.97. The first kappa shape index (κ1) is 21.3. The molecule has 6 nitrogen and oxygen atoms in total. The van der Waals surface area contributed by atoms with E-state index in [9.17, 15) is 13.2 Å². The van der Waals surface area contributed by atoms with Crippen LogP contribution in [0.3, 0.4) is 0 Å². The molecule has 1 aliphatic rings. The number of anilines is 2. The number of aryl methyl sites for hydroxylation is 2. The van der Waals surface area contributed by atoms with Crippen LogP contribution in [0.5, 0.6) is 0 Å². The van der Waals surface area contributed by atoms with Crippen LogP contribution in [-0.4, -0.2) is 37.8 Å². The molecule has 1 fully saturated rings. The summed E-state index contributed by atoms with van der Waals surface area (Å²) in [5.74, 6) is -0.225. The van der Waals surface area contributed by atoms with Crippen molar-refractivity contribution in [2.75, 3.05) is 23.7 Å². The monoisotopic (exact) mass is 415 g/mol. The molecule has 3 rings (SSSR count). The highest BCUT2D eigenvalue weighted by atomic mass is 32.2. The van der Waals surface area contributed by atoms with Crippen molar-refractivity contribution in [3.8, 4) is 0 Å². The maximum Gasteiger partial charge on any atom is 0.246 e. The number of benzene rings is 2. The second-order valence-electron chi connectivity index (χ2n) is 7.67. The second-order valence-corrected chi connectivity index (χ2v) is 9.60. The van der Waals surface area contributed by atoms with E-state index in [0.717, 1.165) is 36.1 Å². The maximum absolute atomic E-state index is 12.9. The summed E-state index contributed by atoms with van der Waals surface area (Å²) in [5.41, 5.74) is 3.61. The van der Waals surface area contributed by atoms with Crippen molar-refractivity contribution in [3.63, 3.8) is 0 Å². The van der Waals surface area contributed by atoms with E-state index in [2.05, 4.69) is 16.7 Å². The number of carbonyl (C=O) groups is 1. The molecule has 1 atom stereocenters. The average Bonchev–Trinajstić information content (AvgIpc) is 2.71. The third kappa shape index (κ3) is 5.16. The highest BCUT2D eigenvalue weighted by Gasteiger charge is 2.26. The van der Waals surface area contributed by atoms with Crippen LogP contribution >= 0.6 is 0 Å². The van der Waals surface area contributed by atoms with Gasteiger partial charge in [0.25, 0.3) is 0 Å². The molecule has 1 aliphatic heterocycles. The van der Waals surface area contributed by atoms with Crippen molar-refractivity contribution in [2.24, 2.45) is 0 Å². The average molecular weight is 416 g/mol. The minimum atomic E-state index is -3.53. The first-order valence-electron chi connectivity index (χ1n) is 10.0. The van der Waals surface area contributed by atoms with Gasteiger partial charge in [0.1, 0.15) is 6.04 Å². The molecule has 0 aromatic heterocycles. The smallest absolute Gasteiger partial charge is 0.246 e.